The lowest BCUT2D eigenvalue weighted by molar-refractivity contribution is 0.242. The normalized spacial score (nSPS) is 11.8. The number of ether oxygens (including phenoxy) is 1. The Bertz CT molecular complexity index is 841. The van der Waals surface area contributed by atoms with Crippen LogP contribution in [0.5, 0.6) is 5.75 Å². The fourth-order valence-electron chi connectivity index (χ4n) is 2.22. The van der Waals surface area contributed by atoms with E-state index in [1.165, 1.54) is 0 Å². The molecule has 0 amide bonds. The molecule has 0 radical (unpaired) electrons. The first-order valence-corrected chi connectivity index (χ1v) is 10.3. The van der Waals surface area contributed by atoms with Crippen LogP contribution in [-0.4, -0.2) is 32.8 Å². The Labute approximate surface area is 183 Å². The molecule has 0 aromatic heterocycles. The Balaban J connectivity index is 0.00000392. The molecule has 0 aliphatic rings. The molecule has 0 aliphatic heterocycles. The van der Waals surface area contributed by atoms with E-state index in [0.29, 0.717) is 0 Å². The van der Waals surface area contributed by atoms with Gasteiger partial charge in [0.15, 0.2) is 5.96 Å². The summed E-state index contributed by atoms with van der Waals surface area (Å²) in [6, 6.07) is 16.6. The predicted molar refractivity (Wildman–Crippen MR) is 125 cm³/mol. The van der Waals surface area contributed by atoms with Gasteiger partial charge in [-0.2, -0.15) is 0 Å². The molecule has 4 N–H and O–H groups in total. The zero-order valence-electron chi connectivity index (χ0n) is 16.0. The molecule has 154 valence electrons. The van der Waals surface area contributed by atoms with Crippen LogP contribution < -0.4 is 20.5 Å². The van der Waals surface area contributed by atoms with Crippen molar-refractivity contribution in [3.05, 3.63) is 60.2 Å². The highest BCUT2D eigenvalue weighted by Gasteiger charge is 2.09. The summed E-state index contributed by atoms with van der Waals surface area (Å²) < 4.78 is 32.1. The molecule has 2 aromatic rings. The van der Waals surface area contributed by atoms with Crippen LogP contribution in [0.15, 0.2) is 59.6 Å². The Kier molecular flexibility index (Phi) is 10.3. The fraction of sp³-hybridized carbons (Fsp3) is 0.316. The lowest BCUT2D eigenvalue weighted by Crippen LogP contribution is -2.28. The van der Waals surface area contributed by atoms with E-state index in [1.807, 2.05) is 68.4 Å². The third kappa shape index (κ3) is 9.38. The van der Waals surface area contributed by atoms with Gasteiger partial charge in [0.25, 0.3) is 0 Å². The predicted octanol–water partition coefficient (Wildman–Crippen LogP) is 2.94. The van der Waals surface area contributed by atoms with Gasteiger partial charge in [-0.1, -0.05) is 30.3 Å². The van der Waals surface area contributed by atoms with Gasteiger partial charge in [0.1, 0.15) is 5.75 Å². The number of sulfonamides is 1. The van der Waals surface area contributed by atoms with Gasteiger partial charge in [0.05, 0.1) is 18.4 Å². The number of rotatable bonds is 9. The van der Waals surface area contributed by atoms with E-state index >= 15 is 0 Å². The first-order chi connectivity index (χ1) is 12.8. The van der Waals surface area contributed by atoms with Crippen molar-refractivity contribution in [1.29, 1.82) is 0 Å². The number of benzene rings is 2. The van der Waals surface area contributed by atoms with E-state index in [2.05, 4.69) is 15.0 Å². The number of hydrogen-bond donors (Lipinski definition) is 3. The lowest BCUT2D eigenvalue weighted by Gasteiger charge is -2.11. The van der Waals surface area contributed by atoms with Gasteiger partial charge in [0, 0.05) is 12.2 Å². The molecule has 0 saturated carbocycles. The van der Waals surface area contributed by atoms with E-state index < -0.39 is 10.0 Å². The lowest BCUT2D eigenvalue weighted by atomic mass is 10.2. The fourth-order valence-corrected chi connectivity index (χ4v) is 3.09. The number of nitrogens with zero attached hydrogens (tertiary/aromatic N) is 1. The summed E-state index contributed by atoms with van der Waals surface area (Å²) in [5, 5.41) is 2.92. The average Bonchev–Trinajstić information content (AvgIpc) is 2.62. The van der Waals surface area contributed by atoms with E-state index in [-0.39, 0.29) is 54.9 Å². The Morgan fingerprint density at radius 2 is 1.75 bits per heavy atom. The van der Waals surface area contributed by atoms with E-state index in [9.17, 15) is 8.42 Å². The van der Waals surface area contributed by atoms with Crippen molar-refractivity contribution in [3.8, 4) is 5.75 Å². The molecule has 0 heterocycles. The summed E-state index contributed by atoms with van der Waals surface area (Å²) in [5.41, 5.74) is 7.46. The second kappa shape index (κ2) is 11.9. The number of halogens is 1. The molecule has 0 bridgehead atoms. The highest BCUT2D eigenvalue weighted by Crippen LogP contribution is 2.16. The molecule has 0 spiro atoms. The molecular formula is C19H27IN4O3S. The highest BCUT2D eigenvalue weighted by molar-refractivity contribution is 14.0. The maximum absolute atomic E-state index is 12.0. The number of nitrogens with two attached hydrogens (primary N) is 1. The van der Waals surface area contributed by atoms with Gasteiger partial charge in [-0.3, -0.25) is 4.99 Å². The quantitative estimate of drug-likeness (QED) is 0.269. The third-order valence-corrected chi connectivity index (χ3v) is 4.78. The van der Waals surface area contributed by atoms with Crippen LogP contribution in [0.4, 0.5) is 5.69 Å². The Morgan fingerprint density at radius 3 is 2.36 bits per heavy atom. The number of aliphatic imine (C=N–C) groups is 1. The second-order valence-electron chi connectivity index (χ2n) is 6.21. The summed E-state index contributed by atoms with van der Waals surface area (Å²) >= 11 is 0. The molecule has 0 saturated heterocycles. The minimum atomic E-state index is -3.42. The molecule has 2 rings (SSSR count). The summed E-state index contributed by atoms with van der Waals surface area (Å²) in [6.45, 7) is 4.24. The minimum absolute atomic E-state index is 0. The summed E-state index contributed by atoms with van der Waals surface area (Å²) in [5.74, 6) is 0.788. The molecule has 0 unspecified atom stereocenters. The summed E-state index contributed by atoms with van der Waals surface area (Å²) in [6.07, 6.45) is 0.105. The van der Waals surface area contributed by atoms with Gasteiger partial charge < -0.3 is 15.8 Å². The van der Waals surface area contributed by atoms with E-state index in [4.69, 9.17) is 10.5 Å². The molecule has 0 atom stereocenters. The van der Waals surface area contributed by atoms with E-state index in [0.717, 1.165) is 17.0 Å². The van der Waals surface area contributed by atoms with Crippen molar-refractivity contribution < 1.29 is 13.2 Å². The molecule has 0 fully saturated rings. The van der Waals surface area contributed by atoms with Gasteiger partial charge in [-0.15, -0.1) is 24.0 Å². The third-order valence-electron chi connectivity index (χ3n) is 3.48. The Morgan fingerprint density at radius 1 is 1.11 bits per heavy atom. The SMILES string of the molecule is CC(C)Oc1ccc(NC(N)=NCCS(=O)(=O)NCc2ccccc2)cc1.I. The number of anilines is 1. The van der Waals surface area contributed by atoms with Crippen molar-refractivity contribution in [2.45, 2.75) is 26.5 Å². The smallest absolute Gasteiger partial charge is 0.213 e. The van der Waals surface area contributed by atoms with Crippen molar-refractivity contribution in [1.82, 2.24) is 4.72 Å². The van der Waals surface area contributed by atoms with Crippen LogP contribution >= 0.6 is 24.0 Å². The number of nitrogens with one attached hydrogen (secondary N) is 2. The van der Waals surface area contributed by atoms with Gasteiger partial charge in [-0.05, 0) is 43.7 Å². The van der Waals surface area contributed by atoms with Gasteiger partial charge in [-0.25, -0.2) is 13.1 Å². The van der Waals surface area contributed by atoms with Crippen LogP contribution in [0, 0.1) is 0 Å². The van der Waals surface area contributed by atoms with Crippen molar-refractivity contribution in [2.24, 2.45) is 10.7 Å². The molecule has 7 nitrogen and oxygen atoms in total. The summed E-state index contributed by atoms with van der Waals surface area (Å²) in [7, 11) is -3.42. The highest BCUT2D eigenvalue weighted by atomic mass is 127. The van der Waals surface area contributed by atoms with Gasteiger partial charge >= 0.3 is 0 Å². The van der Waals surface area contributed by atoms with Crippen LogP contribution in [0.3, 0.4) is 0 Å². The van der Waals surface area contributed by atoms with E-state index in [1.54, 1.807) is 0 Å². The van der Waals surface area contributed by atoms with Gasteiger partial charge in [0.2, 0.25) is 10.0 Å². The number of hydrogen-bond acceptors (Lipinski definition) is 4. The standard InChI is InChI=1S/C19H26N4O3S.HI/c1-15(2)26-18-10-8-17(9-11-18)23-19(20)21-12-13-27(24,25)22-14-16-6-4-3-5-7-16;/h3-11,15,22H,12-14H2,1-2H3,(H3,20,21,23);1H. The first-order valence-electron chi connectivity index (χ1n) is 8.69. The van der Waals surface area contributed by atoms with Crippen molar-refractivity contribution >= 4 is 45.6 Å². The zero-order valence-corrected chi connectivity index (χ0v) is 19.1. The zero-order chi connectivity index (χ0) is 19.7. The van der Waals surface area contributed by atoms with Crippen molar-refractivity contribution in [3.63, 3.8) is 0 Å². The molecule has 9 heteroatoms. The maximum Gasteiger partial charge on any atom is 0.213 e. The van der Waals surface area contributed by atoms with Crippen molar-refractivity contribution in [2.75, 3.05) is 17.6 Å². The second-order valence-corrected chi connectivity index (χ2v) is 8.13. The monoisotopic (exact) mass is 518 g/mol. The molecular weight excluding hydrogens is 491 g/mol. The maximum atomic E-state index is 12.0. The number of guanidine groups is 1. The Hall–Kier alpha value is -1.85. The topological polar surface area (TPSA) is 106 Å². The largest absolute Gasteiger partial charge is 0.491 e. The average molecular weight is 518 g/mol. The van der Waals surface area contributed by atoms with Crippen LogP contribution in [0.1, 0.15) is 19.4 Å². The van der Waals surface area contributed by atoms with Crippen LogP contribution in [0.25, 0.3) is 0 Å². The van der Waals surface area contributed by atoms with Crippen LogP contribution in [-0.2, 0) is 16.6 Å². The first kappa shape index (κ1) is 24.2. The summed E-state index contributed by atoms with van der Waals surface area (Å²) in [4.78, 5) is 4.06. The molecule has 2 aromatic carbocycles. The molecule has 0 aliphatic carbocycles. The van der Waals surface area contributed by atoms with Crippen LogP contribution in [0.2, 0.25) is 0 Å². The molecule has 28 heavy (non-hydrogen) atoms. The minimum Gasteiger partial charge on any atom is -0.491 e.